The smallest absolute Gasteiger partial charge is 0.00327 e. The largest absolute Gasteiger partial charge is 0.0705 e. The Bertz CT molecular complexity index is 394. The molecule has 0 aliphatic heterocycles. The minimum absolute atomic E-state index is 0.302. The van der Waals surface area contributed by atoms with Crippen LogP contribution in [-0.4, -0.2) is 0 Å². The summed E-state index contributed by atoms with van der Waals surface area (Å²) in [6, 6.07) is 21.1. The molecule has 0 nitrogen and oxygen atoms in total. The summed E-state index contributed by atoms with van der Waals surface area (Å²) in [4.78, 5) is 0. The molecule has 2 rings (SSSR count). The molecule has 75 valence electrons. The predicted octanol–water partition coefficient (Wildman–Crippen LogP) is 3.79. The van der Waals surface area contributed by atoms with Crippen molar-refractivity contribution in [3.05, 3.63) is 72.9 Å². The Balaban J connectivity index is 2.08. The monoisotopic (exact) mass is 213 g/mol. The number of hydrogen-bond acceptors (Lipinski definition) is 0. The van der Waals surface area contributed by atoms with Gasteiger partial charge in [0.25, 0.3) is 0 Å². The van der Waals surface area contributed by atoms with E-state index in [4.69, 9.17) is 0 Å². The molecule has 0 aliphatic carbocycles. The molecule has 0 aliphatic rings. The molecule has 1 unspecified atom stereocenters. The van der Waals surface area contributed by atoms with Gasteiger partial charge in [-0.2, -0.15) is 0 Å². The van der Waals surface area contributed by atoms with E-state index in [1.54, 1.807) is 0 Å². The highest BCUT2D eigenvalue weighted by Crippen LogP contribution is 2.36. The zero-order chi connectivity index (χ0) is 10.5. The van der Waals surface area contributed by atoms with Crippen LogP contribution < -0.4 is 5.30 Å². The van der Waals surface area contributed by atoms with Crippen molar-refractivity contribution in [3.63, 3.8) is 0 Å². The Morgan fingerprint density at radius 2 is 1.33 bits per heavy atom. The van der Waals surface area contributed by atoms with Gasteiger partial charge in [-0.15, -0.1) is 0 Å². The van der Waals surface area contributed by atoms with Gasteiger partial charge >= 0.3 is 0 Å². The molecule has 0 saturated heterocycles. The lowest BCUT2D eigenvalue weighted by Gasteiger charge is -2.11. The van der Waals surface area contributed by atoms with Gasteiger partial charge in [-0.3, -0.25) is 0 Å². The second kappa shape index (κ2) is 5.09. The lowest BCUT2D eigenvalue weighted by Crippen LogP contribution is -1.98. The normalized spacial score (nSPS) is 12.3. The molecule has 0 heterocycles. The van der Waals surface area contributed by atoms with E-state index in [-0.39, 0.29) is 7.92 Å². The summed E-state index contributed by atoms with van der Waals surface area (Å²) < 4.78 is 0. The van der Waals surface area contributed by atoms with Gasteiger partial charge in [0.1, 0.15) is 0 Å². The summed E-state index contributed by atoms with van der Waals surface area (Å²) in [5.74, 6) is 0. The van der Waals surface area contributed by atoms with Crippen LogP contribution in [0.3, 0.4) is 0 Å². The lowest BCUT2D eigenvalue weighted by molar-refractivity contribution is 1.40. The van der Waals surface area contributed by atoms with Gasteiger partial charge in [-0.05, 0) is 23.7 Å². The van der Waals surface area contributed by atoms with Crippen LogP contribution >= 0.6 is 7.92 Å². The topological polar surface area (TPSA) is 0 Å². The van der Waals surface area contributed by atoms with Gasteiger partial charge in [0.2, 0.25) is 0 Å². The van der Waals surface area contributed by atoms with E-state index in [9.17, 15) is 0 Å². The number of benzene rings is 2. The fourth-order valence-corrected chi connectivity index (χ4v) is 2.96. The van der Waals surface area contributed by atoms with Crippen LogP contribution in [0.5, 0.6) is 0 Å². The molecule has 1 atom stereocenters. The van der Waals surface area contributed by atoms with Gasteiger partial charge in [0, 0.05) is 0 Å². The minimum atomic E-state index is -0.302. The van der Waals surface area contributed by atoms with Crippen molar-refractivity contribution in [3.8, 4) is 0 Å². The molecule has 0 N–H and O–H groups in total. The first-order valence-corrected chi connectivity index (χ1v) is 6.74. The fraction of sp³-hybridized carbons (Fsp3) is 0.0714. The van der Waals surface area contributed by atoms with Crippen LogP contribution in [0.15, 0.2) is 60.7 Å². The predicted molar refractivity (Wildman–Crippen MR) is 68.5 cm³/mol. The first kappa shape index (κ1) is 10.4. The third-order valence-electron chi connectivity index (χ3n) is 2.34. The van der Waals surface area contributed by atoms with E-state index in [1.807, 2.05) is 0 Å². The summed E-state index contributed by atoms with van der Waals surface area (Å²) in [5.41, 5.74) is 1.38. The molecule has 0 bridgehead atoms. The van der Waals surface area contributed by atoms with Gasteiger partial charge in [-0.1, -0.05) is 68.6 Å². The molecular weight excluding hydrogens is 199 g/mol. The van der Waals surface area contributed by atoms with Crippen LogP contribution in [0.2, 0.25) is 0 Å². The second-order valence-corrected chi connectivity index (χ2v) is 5.43. The van der Waals surface area contributed by atoms with E-state index >= 15 is 0 Å². The van der Waals surface area contributed by atoms with Crippen molar-refractivity contribution in [2.75, 3.05) is 0 Å². The highest BCUT2D eigenvalue weighted by molar-refractivity contribution is 7.66. The Morgan fingerprint density at radius 1 is 0.800 bits per heavy atom. The van der Waals surface area contributed by atoms with E-state index in [1.165, 1.54) is 10.9 Å². The summed E-state index contributed by atoms with van der Waals surface area (Å²) in [5, 5.41) is 1.37. The zero-order valence-electron chi connectivity index (χ0n) is 8.63. The summed E-state index contributed by atoms with van der Waals surface area (Å²) >= 11 is 0. The van der Waals surface area contributed by atoms with Crippen molar-refractivity contribution >= 4 is 13.2 Å². The summed E-state index contributed by atoms with van der Waals surface area (Å²) in [7, 11) is -0.302. The molecule has 0 amide bonds. The summed E-state index contributed by atoms with van der Waals surface area (Å²) in [6.07, 6.45) is 1.07. The van der Waals surface area contributed by atoms with Crippen molar-refractivity contribution in [2.45, 2.75) is 6.16 Å². The second-order valence-electron chi connectivity index (χ2n) is 3.52. The third-order valence-corrected chi connectivity index (χ3v) is 4.11. The molecule has 0 spiro atoms. The van der Waals surface area contributed by atoms with E-state index in [0.717, 1.165) is 6.16 Å². The quantitative estimate of drug-likeness (QED) is 0.680. The van der Waals surface area contributed by atoms with Gasteiger partial charge in [0.05, 0.1) is 0 Å². The van der Waals surface area contributed by atoms with Crippen LogP contribution in [0, 0.1) is 6.66 Å². The first-order valence-electron chi connectivity index (χ1n) is 5.03. The molecule has 0 aromatic heterocycles. The number of rotatable bonds is 3. The molecular formula is C14H14P. The standard InChI is InChI=1S/C14H14P/c1-15(14-10-6-3-7-11-14)12-13-8-4-2-5-9-13/h2-11H,1,12H2. The average molecular weight is 213 g/mol. The van der Waals surface area contributed by atoms with E-state index in [2.05, 4.69) is 67.3 Å². The molecule has 2 aromatic rings. The van der Waals surface area contributed by atoms with Crippen molar-refractivity contribution in [2.24, 2.45) is 0 Å². The Hall–Kier alpha value is -1.13. The molecule has 1 radical (unpaired) electrons. The van der Waals surface area contributed by atoms with Gasteiger partial charge < -0.3 is 0 Å². The Kier molecular flexibility index (Phi) is 3.53. The van der Waals surface area contributed by atoms with E-state index < -0.39 is 0 Å². The Labute approximate surface area is 92.7 Å². The average Bonchev–Trinajstić information content (AvgIpc) is 2.31. The SMILES string of the molecule is [CH2]P(Cc1ccccc1)c1ccccc1. The van der Waals surface area contributed by atoms with Crippen molar-refractivity contribution < 1.29 is 0 Å². The van der Waals surface area contributed by atoms with Gasteiger partial charge in [-0.25, -0.2) is 0 Å². The molecule has 15 heavy (non-hydrogen) atoms. The minimum Gasteiger partial charge on any atom is -0.0705 e. The molecule has 0 saturated carbocycles. The maximum absolute atomic E-state index is 4.27. The van der Waals surface area contributed by atoms with Crippen LogP contribution in [-0.2, 0) is 6.16 Å². The molecule has 2 aromatic carbocycles. The third kappa shape index (κ3) is 2.91. The highest BCUT2D eigenvalue weighted by Gasteiger charge is 2.04. The Morgan fingerprint density at radius 3 is 1.93 bits per heavy atom. The summed E-state index contributed by atoms with van der Waals surface area (Å²) in [6.45, 7) is 4.27. The highest BCUT2D eigenvalue weighted by atomic mass is 31.1. The van der Waals surface area contributed by atoms with E-state index in [0.29, 0.717) is 0 Å². The number of hydrogen-bond donors (Lipinski definition) is 0. The fourth-order valence-electron chi connectivity index (χ4n) is 1.53. The lowest BCUT2D eigenvalue weighted by atomic mass is 10.2. The van der Waals surface area contributed by atoms with Crippen LogP contribution in [0.1, 0.15) is 5.56 Å². The van der Waals surface area contributed by atoms with Gasteiger partial charge in [0.15, 0.2) is 0 Å². The van der Waals surface area contributed by atoms with Crippen molar-refractivity contribution in [1.82, 2.24) is 0 Å². The van der Waals surface area contributed by atoms with Crippen molar-refractivity contribution in [1.29, 1.82) is 0 Å². The first-order chi connectivity index (χ1) is 7.36. The van der Waals surface area contributed by atoms with Crippen LogP contribution in [0.25, 0.3) is 0 Å². The molecule has 0 fully saturated rings. The van der Waals surface area contributed by atoms with Crippen LogP contribution in [0.4, 0.5) is 0 Å². The maximum atomic E-state index is 4.27. The molecule has 1 heteroatoms. The maximum Gasteiger partial charge on any atom is -0.00327 e. The zero-order valence-corrected chi connectivity index (χ0v) is 9.53.